The van der Waals surface area contributed by atoms with Crippen LogP contribution in [0.25, 0.3) is 0 Å². The molecule has 1 atom stereocenters. The summed E-state index contributed by atoms with van der Waals surface area (Å²) >= 11 is 1.77. The van der Waals surface area contributed by atoms with Crippen molar-refractivity contribution in [3.63, 3.8) is 0 Å². The van der Waals surface area contributed by atoms with Gasteiger partial charge in [-0.05, 0) is 49.7 Å². The lowest BCUT2D eigenvalue weighted by Crippen LogP contribution is -2.23. The van der Waals surface area contributed by atoms with Crippen LogP contribution in [0.15, 0.2) is 34.1 Å². The standard InChI is InChI=1S/C14H23NO2S2/c1-4-9-15-10-12(2)11-18-13-5-7-14(8-6-13)19(3,16)17/h5-8,12,15H,4,9-11H2,1-3H3. The van der Waals surface area contributed by atoms with E-state index in [9.17, 15) is 8.42 Å². The minimum absolute atomic E-state index is 0.384. The van der Waals surface area contributed by atoms with Crippen LogP contribution in [-0.4, -0.2) is 33.5 Å². The lowest BCUT2D eigenvalue weighted by molar-refractivity contribution is 0.557. The van der Waals surface area contributed by atoms with Crippen molar-refractivity contribution in [1.82, 2.24) is 5.32 Å². The number of thioether (sulfide) groups is 1. The highest BCUT2D eigenvalue weighted by molar-refractivity contribution is 7.99. The second-order valence-electron chi connectivity index (χ2n) is 4.86. The maximum Gasteiger partial charge on any atom is 0.175 e. The van der Waals surface area contributed by atoms with Gasteiger partial charge in [0, 0.05) is 16.9 Å². The van der Waals surface area contributed by atoms with Gasteiger partial charge >= 0.3 is 0 Å². The molecule has 5 heteroatoms. The van der Waals surface area contributed by atoms with E-state index in [-0.39, 0.29) is 0 Å². The summed E-state index contributed by atoms with van der Waals surface area (Å²) in [7, 11) is -3.09. The van der Waals surface area contributed by atoms with Crippen molar-refractivity contribution in [1.29, 1.82) is 0 Å². The van der Waals surface area contributed by atoms with E-state index >= 15 is 0 Å². The molecular formula is C14H23NO2S2. The van der Waals surface area contributed by atoms with Crippen molar-refractivity contribution in [2.75, 3.05) is 25.1 Å². The molecule has 0 bridgehead atoms. The van der Waals surface area contributed by atoms with E-state index in [2.05, 4.69) is 19.2 Å². The highest BCUT2D eigenvalue weighted by Gasteiger charge is 2.07. The normalized spacial score (nSPS) is 13.4. The first-order valence-corrected chi connectivity index (χ1v) is 9.44. The van der Waals surface area contributed by atoms with E-state index in [0.29, 0.717) is 10.8 Å². The van der Waals surface area contributed by atoms with Crippen LogP contribution in [0.4, 0.5) is 0 Å². The van der Waals surface area contributed by atoms with Crippen LogP contribution in [0.2, 0.25) is 0 Å². The Bertz CT molecular complexity index is 469. The molecule has 19 heavy (non-hydrogen) atoms. The number of benzene rings is 1. The Morgan fingerprint density at radius 3 is 2.42 bits per heavy atom. The van der Waals surface area contributed by atoms with Gasteiger partial charge in [0.25, 0.3) is 0 Å². The predicted molar refractivity (Wildman–Crippen MR) is 82.6 cm³/mol. The molecule has 0 aromatic heterocycles. The monoisotopic (exact) mass is 301 g/mol. The average molecular weight is 301 g/mol. The third-order valence-electron chi connectivity index (χ3n) is 2.71. The smallest absolute Gasteiger partial charge is 0.175 e. The lowest BCUT2D eigenvalue weighted by Gasteiger charge is -2.11. The summed E-state index contributed by atoms with van der Waals surface area (Å²) in [5.41, 5.74) is 0. The summed E-state index contributed by atoms with van der Waals surface area (Å²) in [4.78, 5) is 1.50. The van der Waals surface area contributed by atoms with Gasteiger partial charge in [-0.2, -0.15) is 0 Å². The third-order valence-corrected chi connectivity index (χ3v) is 5.18. The molecule has 0 saturated heterocycles. The summed E-state index contributed by atoms with van der Waals surface area (Å²) in [5.74, 6) is 1.64. The SMILES string of the molecule is CCCNCC(C)CSc1ccc(S(C)(=O)=O)cc1. The Hall–Kier alpha value is -0.520. The van der Waals surface area contributed by atoms with E-state index in [0.717, 1.165) is 30.2 Å². The summed E-state index contributed by atoms with van der Waals surface area (Å²) in [6.07, 6.45) is 2.39. The van der Waals surface area contributed by atoms with Crippen LogP contribution >= 0.6 is 11.8 Å². The minimum atomic E-state index is -3.09. The molecule has 108 valence electrons. The van der Waals surface area contributed by atoms with Crippen LogP contribution < -0.4 is 5.32 Å². The predicted octanol–water partition coefficient (Wildman–Crippen LogP) is 2.82. The molecule has 0 spiro atoms. The molecule has 0 aliphatic rings. The second kappa shape index (κ2) is 7.92. The summed E-state index contributed by atoms with van der Waals surface area (Å²) < 4.78 is 22.7. The molecule has 1 N–H and O–H groups in total. The average Bonchev–Trinajstić information content (AvgIpc) is 2.36. The van der Waals surface area contributed by atoms with Crippen molar-refractivity contribution in [3.8, 4) is 0 Å². The summed E-state index contributed by atoms with van der Waals surface area (Å²) in [6, 6.07) is 7.12. The van der Waals surface area contributed by atoms with E-state index in [1.54, 1.807) is 23.9 Å². The molecule has 0 fully saturated rings. The maximum absolute atomic E-state index is 11.3. The highest BCUT2D eigenvalue weighted by atomic mass is 32.2. The molecule has 1 rings (SSSR count). The molecule has 0 heterocycles. The molecule has 0 saturated carbocycles. The van der Waals surface area contributed by atoms with Gasteiger partial charge in [-0.15, -0.1) is 11.8 Å². The van der Waals surface area contributed by atoms with Crippen molar-refractivity contribution >= 4 is 21.6 Å². The van der Waals surface area contributed by atoms with Gasteiger partial charge in [-0.1, -0.05) is 13.8 Å². The summed E-state index contributed by atoms with van der Waals surface area (Å²) in [6.45, 7) is 6.48. The van der Waals surface area contributed by atoms with Gasteiger partial charge in [0.2, 0.25) is 0 Å². The van der Waals surface area contributed by atoms with Gasteiger partial charge in [0.1, 0.15) is 0 Å². The number of hydrogen-bond donors (Lipinski definition) is 1. The van der Waals surface area contributed by atoms with Gasteiger partial charge in [-0.3, -0.25) is 0 Å². The van der Waals surface area contributed by atoms with Gasteiger partial charge in [0.05, 0.1) is 4.90 Å². The van der Waals surface area contributed by atoms with E-state index in [4.69, 9.17) is 0 Å². The topological polar surface area (TPSA) is 46.2 Å². The van der Waals surface area contributed by atoms with Crippen molar-refractivity contribution < 1.29 is 8.42 Å². The first-order chi connectivity index (χ1) is 8.93. The van der Waals surface area contributed by atoms with E-state index < -0.39 is 9.84 Å². The van der Waals surface area contributed by atoms with Crippen LogP contribution in [-0.2, 0) is 9.84 Å². The van der Waals surface area contributed by atoms with Crippen molar-refractivity contribution in [2.24, 2.45) is 5.92 Å². The molecule has 0 amide bonds. The first kappa shape index (κ1) is 16.5. The van der Waals surface area contributed by atoms with Crippen LogP contribution in [0, 0.1) is 5.92 Å². The minimum Gasteiger partial charge on any atom is -0.316 e. The molecule has 0 radical (unpaired) electrons. The molecule has 3 nitrogen and oxygen atoms in total. The maximum atomic E-state index is 11.3. The first-order valence-electron chi connectivity index (χ1n) is 6.57. The fourth-order valence-corrected chi connectivity index (χ4v) is 3.16. The third kappa shape index (κ3) is 6.45. The Labute approximate surface area is 121 Å². The number of rotatable bonds is 8. The summed E-state index contributed by atoms with van der Waals surface area (Å²) in [5, 5.41) is 3.41. The van der Waals surface area contributed by atoms with Crippen LogP contribution in [0.1, 0.15) is 20.3 Å². The van der Waals surface area contributed by atoms with Crippen LogP contribution in [0.5, 0.6) is 0 Å². The van der Waals surface area contributed by atoms with Crippen molar-refractivity contribution in [3.05, 3.63) is 24.3 Å². The van der Waals surface area contributed by atoms with Gasteiger partial charge in [-0.25, -0.2) is 8.42 Å². The molecule has 1 aromatic carbocycles. The van der Waals surface area contributed by atoms with E-state index in [1.807, 2.05) is 12.1 Å². The second-order valence-corrected chi connectivity index (χ2v) is 7.97. The lowest BCUT2D eigenvalue weighted by atomic mass is 10.2. The number of nitrogens with one attached hydrogen (secondary N) is 1. The van der Waals surface area contributed by atoms with Crippen molar-refractivity contribution in [2.45, 2.75) is 30.1 Å². The Balaban J connectivity index is 2.42. The molecular weight excluding hydrogens is 278 g/mol. The zero-order valence-electron chi connectivity index (χ0n) is 11.8. The van der Waals surface area contributed by atoms with Crippen LogP contribution in [0.3, 0.4) is 0 Å². The fourth-order valence-electron chi connectivity index (χ4n) is 1.61. The molecule has 0 aliphatic carbocycles. The Morgan fingerprint density at radius 1 is 1.26 bits per heavy atom. The van der Waals surface area contributed by atoms with Gasteiger partial charge < -0.3 is 5.32 Å². The molecule has 0 aliphatic heterocycles. The van der Waals surface area contributed by atoms with Gasteiger partial charge in [0.15, 0.2) is 9.84 Å². The molecule has 1 unspecified atom stereocenters. The highest BCUT2D eigenvalue weighted by Crippen LogP contribution is 2.22. The fraction of sp³-hybridized carbons (Fsp3) is 0.571. The zero-order chi connectivity index (χ0) is 14.3. The number of sulfone groups is 1. The largest absolute Gasteiger partial charge is 0.316 e. The van der Waals surface area contributed by atoms with E-state index in [1.165, 1.54) is 6.26 Å². The Kier molecular flexibility index (Phi) is 6.89. The quantitative estimate of drug-likeness (QED) is 0.592. The molecule has 1 aromatic rings. The Morgan fingerprint density at radius 2 is 1.89 bits per heavy atom. The number of hydrogen-bond acceptors (Lipinski definition) is 4. The zero-order valence-corrected chi connectivity index (χ0v) is 13.5.